The minimum Gasteiger partial charge on any atom is -0.508 e. The van der Waals surface area contributed by atoms with Crippen molar-refractivity contribution in [2.45, 2.75) is 25.4 Å². The highest BCUT2D eigenvalue weighted by atomic mass is 32.2. The third kappa shape index (κ3) is 2.62. The van der Waals surface area contributed by atoms with Crippen LogP contribution in [0.3, 0.4) is 0 Å². The molecule has 108 valence electrons. The van der Waals surface area contributed by atoms with E-state index >= 15 is 0 Å². The monoisotopic (exact) mass is 295 g/mol. The Hall–Kier alpha value is -2.02. The maximum atomic E-state index is 12.6. The number of anilines is 1. The molecule has 2 rings (SSSR count). The zero-order chi connectivity index (χ0) is 14.8. The number of aromatic hydroxyl groups is 1. The molecule has 6 nitrogen and oxygen atoms in total. The van der Waals surface area contributed by atoms with Crippen molar-refractivity contribution < 1.29 is 13.5 Å². The quantitative estimate of drug-likeness (QED) is 0.913. The summed E-state index contributed by atoms with van der Waals surface area (Å²) >= 11 is 0. The minimum atomic E-state index is -3.72. The van der Waals surface area contributed by atoms with Crippen LogP contribution in [-0.4, -0.2) is 29.6 Å². The Labute approximate surface area is 118 Å². The molecule has 7 heteroatoms. The van der Waals surface area contributed by atoms with Gasteiger partial charge in [0.25, 0.3) is 10.0 Å². The van der Waals surface area contributed by atoms with Crippen LogP contribution in [0, 0.1) is 0 Å². The molecule has 0 fully saturated rings. The second-order valence-electron chi connectivity index (χ2n) is 4.23. The predicted octanol–water partition coefficient (Wildman–Crippen LogP) is 1.82. The van der Waals surface area contributed by atoms with E-state index in [1.54, 1.807) is 23.6 Å². The Bertz CT molecular complexity index is 694. The summed E-state index contributed by atoms with van der Waals surface area (Å²) in [5, 5.41) is 9.50. The first kappa shape index (κ1) is 14.4. The van der Waals surface area contributed by atoms with Gasteiger partial charge in [-0.3, -0.25) is 4.31 Å². The highest BCUT2D eigenvalue weighted by molar-refractivity contribution is 7.92. The number of phenols is 1. The van der Waals surface area contributed by atoms with Gasteiger partial charge in [0.2, 0.25) is 0 Å². The third-order valence-electron chi connectivity index (χ3n) is 2.93. The van der Waals surface area contributed by atoms with Crippen LogP contribution in [0.25, 0.3) is 0 Å². The van der Waals surface area contributed by atoms with E-state index in [0.717, 1.165) is 0 Å². The van der Waals surface area contributed by atoms with E-state index in [1.165, 1.54) is 29.0 Å². The van der Waals surface area contributed by atoms with Gasteiger partial charge in [0, 0.05) is 25.4 Å². The largest absolute Gasteiger partial charge is 0.508 e. The summed E-state index contributed by atoms with van der Waals surface area (Å²) in [5.74, 6) is 0.0234. The van der Waals surface area contributed by atoms with Crippen molar-refractivity contribution in [1.82, 2.24) is 9.55 Å². The number of sulfonamides is 1. The van der Waals surface area contributed by atoms with Crippen molar-refractivity contribution >= 4 is 15.7 Å². The Kier molecular flexibility index (Phi) is 3.99. The van der Waals surface area contributed by atoms with Gasteiger partial charge in [-0.25, -0.2) is 4.98 Å². The lowest BCUT2D eigenvalue weighted by molar-refractivity contribution is 0.475. The van der Waals surface area contributed by atoms with Crippen molar-refractivity contribution in [3.8, 4) is 5.75 Å². The Balaban J connectivity index is 2.44. The molecule has 0 bridgehead atoms. The summed E-state index contributed by atoms with van der Waals surface area (Å²) in [4.78, 5) is 3.95. The summed E-state index contributed by atoms with van der Waals surface area (Å²) in [5.41, 5.74) is 0.415. The summed E-state index contributed by atoms with van der Waals surface area (Å²) in [7, 11) is -3.72. The molecule has 1 aromatic heterocycles. The SMILES string of the molecule is CCN(c1cccc(O)c1)S(=O)(=O)c1cn(CC)cn1. The van der Waals surface area contributed by atoms with Gasteiger partial charge in [-0.05, 0) is 26.0 Å². The second kappa shape index (κ2) is 5.54. The van der Waals surface area contributed by atoms with E-state index in [1.807, 2.05) is 6.92 Å². The van der Waals surface area contributed by atoms with Crippen LogP contribution >= 0.6 is 0 Å². The fourth-order valence-corrected chi connectivity index (χ4v) is 3.30. The normalized spacial score (nSPS) is 11.5. The number of imidazole rings is 1. The van der Waals surface area contributed by atoms with Crippen LogP contribution in [0.2, 0.25) is 0 Å². The first-order valence-corrected chi connectivity index (χ1v) is 7.76. The van der Waals surface area contributed by atoms with Gasteiger partial charge in [0.15, 0.2) is 5.03 Å². The molecule has 1 aromatic carbocycles. The molecule has 0 saturated heterocycles. The van der Waals surface area contributed by atoms with Gasteiger partial charge in [-0.1, -0.05) is 6.07 Å². The first-order chi connectivity index (χ1) is 9.48. The smallest absolute Gasteiger partial charge is 0.283 e. The van der Waals surface area contributed by atoms with Crippen molar-refractivity contribution in [1.29, 1.82) is 0 Å². The Morgan fingerprint density at radius 3 is 2.65 bits per heavy atom. The maximum absolute atomic E-state index is 12.6. The molecular weight excluding hydrogens is 278 g/mol. The standard InChI is InChI=1S/C13H17N3O3S/c1-3-15-9-13(14-10-15)20(18,19)16(4-2)11-6-5-7-12(17)8-11/h5-10,17H,3-4H2,1-2H3. The number of hydrogen-bond donors (Lipinski definition) is 1. The molecule has 0 aliphatic heterocycles. The van der Waals surface area contributed by atoms with Crippen molar-refractivity contribution in [3.63, 3.8) is 0 Å². The van der Waals surface area contributed by atoms with Gasteiger partial charge < -0.3 is 9.67 Å². The number of aryl methyl sites for hydroxylation is 1. The highest BCUT2D eigenvalue weighted by Crippen LogP contribution is 2.25. The van der Waals surface area contributed by atoms with Crippen LogP contribution in [0.4, 0.5) is 5.69 Å². The Morgan fingerprint density at radius 1 is 1.35 bits per heavy atom. The molecule has 0 atom stereocenters. The number of rotatable bonds is 5. The van der Waals surface area contributed by atoms with Gasteiger partial charge in [0.05, 0.1) is 12.0 Å². The molecule has 0 aliphatic rings. The fourth-order valence-electron chi connectivity index (χ4n) is 1.90. The van der Waals surface area contributed by atoms with Crippen molar-refractivity contribution in [2.24, 2.45) is 0 Å². The van der Waals surface area contributed by atoms with Gasteiger partial charge in [0.1, 0.15) is 5.75 Å². The van der Waals surface area contributed by atoms with Crippen LogP contribution < -0.4 is 4.31 Å². The predicted molar refractivity (Wildman–Crippen MR) is 76.2 cm³/mol. The van der Waals surface area contributed by atoms with Crippen molar-refractivity contribution in [2.75, 3.05) is 10.8 Å². The van der Waals surface area contributed by atoms with E-state index in [2.05, 4.69) is 4.98 Å². The fraction of sp³-hybridized carbons (Fsp3) is 0.308. The van der Waals surface area contributed by atoms with Crippen molar-refractivity contribution in [3.05, 3.63) is 36.8 Å². The number of hydrogen-bond acceptors (Lipinski definition) is 4. The lowest BCUT2D eigenvalue weighted by Gasteiger charge is -2.21. The van der Waals surface area contributed by atoms with Crippen LogP contribution in [-0.2, 0) is 16.6 Å². The molecule has 0 amide bonds. The van der Waals surface area contributed by atoms with Crippen LogP contribution in [0.15, 0.2) is 41.8 Å². The maximum Gasteiger partial charge on any atom is 0.283 e. The summed E-state index contributed by atoms with van der Waals surface area (Å²) in [6.07, 6.45) is 2.99. The van der Waals surface area contributed by atoms with Crippen LogP contribution in [0.5, 0.6) is 5.75 Å². The molecular formula is C13H17N3O3S. The lowest BCUT2D eigenvalue weighted by Crippen LogP contribution is -2.31. The summed E-state index contributed by atoms with van der Waals surface area (Å²) < 4.78 is 28.1. The lowest BCUT2D eigenvalue weighted by atomic mass is 10.3. The van der Waals surface area contributed by atoms with E-state index in [0.29, 0.717) is 12.2 Å². The van der Waals surface area contributed by atoms with Crippen LogP contribution in [0.1, 0.15) is 13.8 Å². The number of nitrogens with zero attached hydrogens (tertiary/aromatic N) is 3. The summed E-state index contributed by atoms with van der Waals surface area (Å²) in [6, 6.07) is 6.15. The summed E-state index contributed by atoms with van der Waals surface area (Å²) in [6.45, 7) is 4.55. The number of benzene rings is 1. The molecule has 2 aromatic rings. The van der Waals surface area contributed by atoms with E-state index < -0.39 is 10.0 Å². The first-order valence-electron chi connectivity index (χ1n) is 6.32. The van der Waals surface area contributed by atoms with E-state index in [9.17, 15) is 13.5 Å². The molecule has 20 heavy (non-hydrogen) atoms. The molecule has 0 radical (unpaired) electrons. The van der Waals surface area contributed by atoms with Gasteiger partial charge in [-0.15, -0.1) is 0 Å². The molecule has 0 unspecified atom stereocenters. The molecule has 0 aliphatic carbocycles. The molecule has 1 heterocycles. The zero-order valence-electron chi connectivity index (χ0n) is 11.4. The molecule has 1 N–H and O–H groups in total. The second-order valence-corrected chi connectivity index (χ2v) is 6.04. The third-order valence-corrected chi connectivity index (χ3v) is 4.72. The van der Waals surface area contributed by atoms with E-state index in [-0.39, 0.29) is 17.3 Å². The Morgan fingerprint density at radius 2 is 2.10 bits per heavy atom. The average molecular weight is 295 g/mol. The minimum absolute atomic E-state index is 0.00421. The molecule has 0 spiro atoms. The van der Waals surface area contributed by atoms with Gasteiger partial charge >= 0.3 is 0 Å². The van der Waals surface area contributed by atoms with Gasteiger partial charge in [-0.2, -0.15) is 8.42 Å². The number of aromatic nitrogens is 2. The highest BCUT2D eigenvalue weighted by Gasteiger charge is 2.26. The number of phenolic OH excluding ortho intramolecular Hbond substituents is 1. The topological polar surface area (TPSA) is 75.4 Å². The zero-order valence-corrected chi connectivity index (χ0v) is 12.2. The molecule has 0 saturated carbocycles. The average Bonchev–Trinajstić information content (AvgIpc) is 2.89. The van der Waals surface area contributed by atoms with E-state index in [4.69, 9.17) is 0 Å².